The number of halogens is 2. The second-order valence-corrected chi connectivity index (χ2v) is 4.66. The summed E-state index contributed by atoms with van der Waals surface area (Å²) in [5, 5.41) is 14.1. The lowest BCUT2D eigenvalue weighted by molar-refractivity contribution is -0.384. The lowest BCUT2D eigenvalue weighted by Crippen LogP contribution is -2.36. The standard InChI is InChI=1S/C12H15F2N3O2/c1-16(7-8-3-2-6-15-8)12-10(17(18)19)5-4-9(13)11(12)14/h4-5,8,15H,2-3,6-7H2,1H3. The van der Waals surface area contributed by atoms with Crippen molar-refractivity contribution >= 4 is 11.4 Å². The molecule has 1 saturated heterocycles. The number of hydrogen-bond donors (Lipinski definition) is 1. The van der Waals surface area contributed by atoms with Gasteiger partial charge in [0.25, 0.3) is 5.69 Å². The van der Waals surface area contributed by atoms with Crippen molar-refractivity contribution < 1.29 is 13.7 Å². The zero-order chi connectivity index (χ0) is 14.0. The van der Waals surface area contributed by atoms with Crippen LogP contribution < -0.4 is 10.2 Å². The second kappa shape index (κ2) is 5.48. The number of anilines is 1. The molecular weight excluding hydrogens is 256 g/mol. The normalized spacial score (nSPS) is 18.6. The van der Waals surface area contributed by atoms with Crippen LogP contribution in [0.4, 0.5) is 20.2 Å². The molecule has 1 aliphatic heterocycles. The van der Waals surface area contributed by atoms with Crippen molar-refractivity contribution in [2.75, 3.05) is 25.0 Å². The number of nitrogens with one attached hydrogen (secondary N) is 1. The van der Waals surface area contributed by atoms with Gasteiger partial charge >= 0.3 is 0 Å². The maximum Gasteiger partial charge on any atom is 0.295 e. The third kappa shape index (κ3) is 2.81. The third-order valence-corrected chi connectivity index (χ3v) is 3.28. The van der Waals surface area contributed by atoms with Crippen molar-refractivity contribution in [2.45, 2.75) is 18.9 Å². The Balaban J connectivity index is 2.30. The van der Waals surface area contributed by atoms with Gasteiger partial charge in [0.05, 0.1) is 4.92 Å². The van der Waals surface area contributed by atoms with Gasteiger partial charge in [-0.25, -0.2) is 8.78 Å². The molecule has 104 valence electrons. The van der Waals surface area contributed by atoms with Crippen molar-refractivity contribution in [1.82, 2.24) is 5.32 Å². The molecule has 1 aromatic rings. The van der Waals surface area contributed by atoms with Gasteiger partial charge in [-0.05, 0) is 25.5 Å². The quantitative estimate of drug-likeness (QED) is 0.672. The molecule has 0 saturated carbocycles. The Bertz CT molecular complexity index is 490. The van der Waals surface area contributed by atoms with Gasteiger partial charge in [-0.2, -0.15) is 0 Å². The molecule has 0 aliphatic carbocycles. The molecule has 0 radical (unpaired) electrons. The smallest absolute Gasteiger partial charge is 0.295 e. The zero-order valence-electron chi connectivity index (χ0n) is 10.5. The molecular formula is C12H15F2N3O2. The number of rotatable bonds is 4. The average molecular weight is 271 g/mol. The Morgan fingerprint density at radius 3 is 2.84 bits per heavy atom. The van der Waals surface area contributed by atoms with Crippen molar-refractivity contribution in [1.29, 1.82) is 0 Å². The van der Waals surface area contributed by atoms with Gasteiger partial charge in [-0.1, -0.05) is 0 Å². The second-order valence-electron chi connectivity index (χ2n) is 4.66. The Morgan fingerprint density at radius 2 is 2.26 bits per heavy atom. The fourth-order valence-corrected chi connectivity index (χ4v) is 2.37. The fraction of sp³-hybridized carbons (Fsp3) is 0.500. The fourth-order valence-electron chi connectivity index (χ4n) is 2.37. The molecule has 1 N–H and O–H groups in total. The van der Waals surface area contributed by atoms with Crippen LogP contribution in [0.1, 0.15) is 12.8 Å². The lowest BCUT2D eigenvalue weighted by atomic mass is 10.2. The molecule has 0 aromatic heterocycles. The van der Waals surface area contributed by atoms with Crippen molar-refractivity contribution in [3.63, 3.8) is 0 Å². The van der Waals surface area contributed by atoms with E-state index < -0.39 is 22.2 Å². The van der Waals surface area contributed by atoms with Gasteiger partial charge in [0.1, 0.15) is 0 Å². The summed E-state index contributed by atoms with van der Waals surface area (Å²) in [7, 11) is 1.53. The zero-order valence-corrected chi connectivity index (χ0v) is 10.5. The number of nitro groups is 1. The maximum absolute atomic E-state index is 13.8. The monoisotopic (exact) mass is 271 g/mol. The number of nitrogens with zero attached hydrogens (tertiary/aromatic N) is 2. The van der Waals surface area contributed by atoms with E-state index in [2.05, 4.69) is 5.32 Å². The van der Waals surface area contributed by atoms with E-state index in [9.17, 15) is 18.9 Å². The Labute approximate surface area is 109 Å². The summed E-state index contributed by atoms with van der Waals surface area (Å²) < 4.78 is 27.1. The number of likely N-dealkylation sites (N-methyl/N-ethyl adjacent to an activating group) is 1. The summed E-state index contributed by atoms with van der Waals surface area (Å²) in [6.07, 6.45) is 1.95. The highest BCUT2D eigenvalue weighted by Crippen LogP contribution is 2.32. The van der Waals surface area contributed by atoms with Crippen LogP contribution in [0.5, 0.6) is 0 Å². The molecule has 2 rings (SSSR count). The first-order valence-electron chi connectivity index (χ1n) is 6.07. The molecule has 1 atom stereocenters. The molecule has 5 nitrogen and oxygen atoms in total. The minimum atomic E-state index is -1.17. The van der Waals surface area contributed by atoms with Crippen LogP contribution in [0, 0.1) is 21.7 Å². The van der Waals surface area contributed by atoms with Crippen LogP contribution in [-0.4, -0.2) is 31.1 Å². The van der Waals surface area contributed by atoms with E-state index in [1.807, 2.05) is 0 Å². The van der Waals surface area contributed by atoms with E-state index in [1.165, 1.54) is 11.9 Å². The summed E-state index contributed by atoms with van der Waals surface area (Å²) >= 11 is 0. The highest BCUT2D eigenvalue weighted by atomic mass is 19.2. The highest BCUT2D eigenvalue weighted by Gasteiger charge is 2.26. The Hall–Kier alpha value is -1.76. The van der Waals surface area contributed by atoms with E-state index in [0.717, 1.165) is 31.5 Å². The Morgan fingerprint density at radius 1 is 1.53 bits per heavy atom. The number of benzene rings is 1. The third-order valence-electron chi connectivity index (χ3n) is 3.28. The van der Waals surface area contributed by atoms with E-state index in [-0.39, 0.29) is 11.7 Å². The van der Waals surface area contributed by atoms with E-state index in [1.54, 1.807) is 0 Å². The first-order chi connectivity index (χ1) is 9.00. The number of nitro benzene ring substituents is 1. The minimum Gasteiger partial charge on any atom is -0.365 e. The van der Waals surface area contributed by atoms with Crippen molar-refractivity contribution in [2.24, 2.45) is 0 Å². The highest BCUT2D eigenvalue weighted by molar-refractivity contribution is 5.64. The summed E-state index contributed by atoms with van der Waals surface area (Å²) in [6.45, 7) is 1.29. The summed E-state index contributed by atoms with van der Waals surface area (Å²) in [4.78, 5) is 11.6. The van der Waals surface area contributed by atoms with Crippen LogP contribution in [0.25, 0.3) is 0 Å². The SMILES string of the molecule is CN(CC1CCCN1)c1c([N+](=O)[O-])ccc(F)c1F. The molecule has 1 heterocycles. The van der Waals surface area contributed by atoms with E-state index in [4.69, 9.17) is 0 Å². The van der Waals surface area contributed by atoms with Gasteiger partial charge in [0.2, 0.25) is 0 Å². The Kier molecular flexibility index (Phi) is 3.94. The molecule has 19 heavy (non-hydrogen) atoms. The predicted octanol–water partition coefficient (Wildman–Crippen LogP) is 2.06. The van der Waals surface area contributed by atoms with Crippen LogP contribution >= 0.6 is 0 Å². The van der Waals surface area contributed by atoms with Gasteiger partial charge in [-0.3, -0.25) is 10.1 Å². The molecule has 1 aromatic carbocycles. The van der Waals surface area contributed by atoms with Crippen LogP contribution in [0.15, 0.2) is 12.1 Å². The summed E-state index contributed by atoms with van der Waals surface area (Å²) in [6, 6.07) is 1.91. The first-order valence-corrected chi connectivity index (χ1v) is 6.07. The largest absolute Gasteiger partial charge is 0.365 e. The minimum absolute atomic E-state index is 0.146. The number of hydrogen-bond acceptors (Lipinski definition) is 4. The van der Waals surface area contributed by atoms with E-state index >= 15 is 0 Å². The first kappa shape index (κ1) is 13.7. The molecule has 0 amide bonds. The van der Waals surface area contributed by atoms with Crippen LogP contribution in [0.3, 0.4) is 0 Å². The predicted molar refractivity (Wildman–Crippen MR) is 67.3 cm³/mol. The molecule has 7 heteroatoms. The molecule has 0 spiro atoms. The molecule has 0 bridgehead atoms. The van der Waals surface area contributed by atoms with Crippen molar-refractivity contribution in [3.8, 4) is 0 Å². The van der Waals surface area contributed by atoms with E-state index in [0.29, 0.717) is 6.54 Å². The van der Waals surface area contributed by atoms with Gasteiger partial charge in [0.15, 0.2) is 17.3 Å². The maximum atomic E-state index is 13.8. The average Bonchev–Trinajstić information content (AvgIpc) is 2.84. The topological polar surface area (TPSA) is 58.4 Å². The van der Waals surface area contributed by atoms with Gasteiger partial charge < -0.3 is 10.2 Å². The molecule has 1 aliphatic rings. The molecule has 1 fully saturated rings. The molecule has 1 unspecified atom stereocenters. The van der Waals surface area contributed by atoms with Gasteiger partial charge in [0, 0.05) is 25.7 Å². The lowest BCUT2D eigenvalue weighted by Gasteiger charge is -2.23. The summed E-state index contributed by atoms with van der Waals surface area (Å²) in [5.41, 5.74) is -0.710. The van der Waals surface area contributed by atoms with Gasteiger partial charge in [-0.15, -0.1) is 0 Å². The summed E-state index contributed by atoms with van der Waals surface area (Å²) in [5.74, 6) is -2.25. The van der Waals surface area contributed by atoms with Crippen LogP contribution in [-0.2, 0) is 0 Å². The van der Waals surface area contributed by atoms with Crippen LogP contribution in [0.2, 0.25) is 0 Å². The van der Waals surface area contributed by atoms with Crippen molar-refractivity contribution in [3.05, 3.63) is 33.9 Å².